The first kappa shape index (κ1) is 16.9. The van der Waals surface area contributed by atoms with Crippen LogP contribution in [0.15, 0.2) is 48.9 Å². The quantitative estimate of drug-likeness (QED) is 0.687. The van der Waals surface area contributed by atoms with Crippen LogP contribution in [-0.4, -0.2) is 62.8 Å². The Morgan fingerprint density at radius 1 is 1.14 bits per heavy atom. The maximum Gasteiger partial charge on any atom is 0.255 e. The van der Waals surface area contributed by atoms with E-state index in [4.69, 9.17) is 0 Å². The van der Waals surface area contributed by atoms with Crippen LogP contribution < -0.4 is 0 Å². The van der Waals surface area contributed by atoms with E-state index in [0.717, 1.165) is 24.3 Å². The van der Waals surface area contributed by atoms with Gasteiger partial charge in [-0.05, 0) is 30.5 Å². The van der Waals surface area contributed by atoms with E-state index in [1.165, 1.54) is 0 Å². The van der Waals surface area contributed by atoms with Gasteiger partial charge >= 0.3 is 0 Å². The highest BCUT2D eigenvalue weighted by molar-refractivity contribution is 5.97. The molecule has 2 aliphatic rings. The van der Waals surface area contributed by atoms with Gasteiger partial charge in [0.2, 0.25) is 5.91 Å². The highest BCUT2D eigenvalue weighted by atomic mass is 16.2. The summed E-state index contributed by atoms with van der Waals surface area (Å²) in [7, 11) is 1.84. The lowest BCUT2D eigenvalue weighted by Crippen LogP contribution is -2.42. The first-order valence-corrected chi connectivity index (χ1v) is 9.54. The summed E-state index contributed by atoms with van der Waals surface area (Å²) in [6, 6.07) is 11.7. The lowest BCUT2D eigenvalue weighted by atomic mass is 9.88. The van der Waals surface area contributed by atoms with Gasteiger partial charge in [-0.3, -0.25) is 14.2 Å². The van der Waals surface area contributed by atoms with Gasteiger partial charge in [-0.15, -0.1) is 0 Å². The minimum absolute atomic E-state index is 0.0725. The first-order valence-electron chi connectivity index (χ1n) is 9.54. The van der Waals surface area contributed by atoms with Gasteiger partial charge in [0.1, 0.15) is 11.8 Å². The Bertz CT molecular complexity index is 1060. The number of nitrogens with zero attached hydrogens (tertiary/aromatic N) is 5. The zero-order chi connectivity index (χ0) is 19.3. The fourth-order valence-electron chi connectivity index (χ4n) is 4.34. The summed E-state index contributed by atoms with van der Waals surface area (Å²) in [6.45, 7) is 1.90. The fraction of sp³-hybridized carbons (Fsp3) is 0.333. The number of hydrogen-bond acceptors (Lipinski definition) is 4. The van der Waals surface area contributed by atoms with Crippen molar-refractivity contribution < 1.29 is 9.59 Å². The lowest BCUT2D eigenvalue weighted by molar-refractivity contribution is -0.137. The molecule has 2 aromatic heterocycles. The minimum atomic E-state index is -0.0754. The number of carbonyl (C=O) groups is 2. The minimum Gasteiger partial charge on any atom is -0.345 e. The summed E-state index contributed by atoms with van der Waals surface area (Å²) < 4.78 is 1.91. The molecule has 0 saturated carbocycles. The number of imidazole rings is 1. The van der Waals surface area contributed by atoms with E-state index >= 15 is 0 Å². The normalized spacial score (nSPS) is 22.0. The SMILES string of the molecule is CN1CC[C@@H]2CN(C(=O)c3cnc4c(c3)ncn4-c3ccccc3)C[C@@H]2C1=O. The predicted octanol–water partition coefficient (Wildman–Crippen LogP) is 1.97. The van der Waals surface area contributed by atoms with E-state index < -0.39 is 0 Å². The molecule has 0 radical (unpaired) electrons. The first-order chi connectivity index (χ1) is 13.6. The molecule has 7 heteroatoms. The molecule has 2 saturated heterocycles. The van der Waals surface area contributed by atoms with Crippen molar-refractivity contribution in [2.24, 2.45) is 11.8 Å². The largest absolute Gasteiger partial charge is 0.345 e. The molecule has 2 atom stereocenters. The van der Waals surface area contributed by atoms with Crippen molar-refractivity contribution in [3.63, 3.8) is 0 Å². The highest BCUT2D eigenvalue weighted by Crippen LogP contribution is 2.32. The second-order valence-electron chi connectivity index (χ2n) is 7.64. The second-order valence-corrected chi connectivity index (χ2v) is 7.64. The zero-order valence-corrected chi connectivity index (χ0v) is 15.7. The van der Waals surface area contributed by atoms with Gasteiger partial charge in [-0.25, -0.2) is 9.97 Å². The summed E-state index contributed by atoms with van der Waals surface area (Å²) in [5.41, 5.74) is 2.89. The third-order valence-electron chi connectivity index (χ3n) is 5.93. The van der Waals surface area contributed by atoms with Crippen LogP contribution in [0.1, 0.15) is 16.8 Å². The third kappa shape index (κ3) is 2.66. The van der Waals surface area contributed by atoms with Crippen molar-refractivity contribution in [1.29, 1.82) is 0 Å². The molecule has 0 spiro atoms. The molecule has 1 aromatic carbocycles. The van der Waals surface area contributed by atoms with Crippen molar-refractivity contribution in [3.8, 4) is 5.69 Å². The van der Waals surface area contributed by atoms with E-state index in [1.54, 1.807) is 28.4 Å². The monoisotopic (exact) mass is 375 g/mol. The predicted molar refractivity (Wildman–Crippen MR) is 104 cm³/mol. The number of likely N-dealkylation sites (tertiary alicyclic amines) is 2. The number of rotatable bonds is 2. The molecule has 142 valence electrons. The topological polar surface area (TPSA) is 71.3 Å². The average Bonchev–Trinajstić information content (AvgIpc) is 3.35. The second kappa shape index (κ2) is 6.44. The molecule has 0 N–H and O–H groups in total. The van der Waals surface area contributed by atoms with Gasteiger partial charge in [0.25, 0.3) is 5.91 Å². The van der Waals surface area contributed by atoms with Crippen LogP contribution in [-0.2, 0) is 4.79 Å². The fourth-order valence-corrected chi connectivity index (χ4v) is 4.34. The number of fused-ring (bicyclic) bond motifs is 2. The number of benzene rings is 1. The molecule has 5 rings (SSSR count). The van der Waals surface area contributed by atoms with Crippen LogP contribution in [0.3, 0.4) is 0 Å². The molecule has 2 aliphatic heterocycles. The Morgan fingerprint density at radius 3 is 2.79 bits per heavy atom. The summed E-state index contributed by atoms with van der Waals surface area (Å²) in [4.78, 5) is 37.9. The molecule has 7 nitrogen and oxygen atoms in total. The highest BCUT2D eigenvalue weighted by Gasteiger charge is 2.43. The molecule has 28 heavy (non-hydrogen) atoms. The molecule has 0 aliphatic carbocycles. The number of carbonyl (C=O) groups excluding carboxylic acids is 2. The molecule has 4 heterocycles. The Kier molecular flexibility index (Phi) is 3.89. The standard InChI is InChI=1S/C21H21N5O2/c1-24-8-7-14-11-25(12-17(14)21(24)28)20(27)15-9-18-19(22-10-15)26(13-23-18)16-5-3-2-4-6-16/h2-6,9-10,13-14,17H,7-8,11-12H2,1H3/t14-,17+/m1/s1. The smallest absolute Gasteiger partial charge is 0.255 e. The molecule has 0 unspecified atom stereocenters. The van der Waals surface area contributed by atoms with Crippen molar-refractivity contribution in [1.82, 2.24) is 24.3 Å². The molecule has 0 bridgehead atoms. The molecular formula is C21H21N5O2. The Hall–Kier alpha value is -3.22. The summed E-state index contributed by atoms with van der Waals surface area (Å²) in [6.07, 6.45) is 4.29. The summed E-state index contributed by atoms with van der Waals surface area (Å²) in [5.74, 6) is 0.272. The van der Waals surface area contributed by atoms with Crippen LogP contribution in [0.2, 0.25) is 0 Å². The van der Waals surface area contributed by atoms with Crippen molar-refractivity contribution in [2.45, 2.75) is 6.42 Å². The molecule has 2 fully saturated rings. The van der Waals surface area contributed by atoms with E-state index in [2.05, 4.69) is 9.97 Å². The van der Waals surface area contributed by atoms with Gasteiger partial charge in [0.15, 0.2) is 5.65 Å². The van der Waals surface area contributed by atoms with Gasteiger partial charge in [-0.2, -0.15) is 0 Å². The van der Waals surface area contributed by atoms with E-state index in [-0.39, 0.29) is 23.7 Å². The number of pyridine rings is 1. The van der Waals surface area contributed by atoms with E-state index in [9.17, 15) is 9.59 Å². The maximum atomic E-state index is 13.0. The number of aromatic nitrogens is 3. The van der Waals surface area contributed by atoms with E-state index in [0.29, 0.717) is 24.2 Å². The lowest BCUT2D eigenvalue weighted by Gasteiger charge is -2.30. The van der Waals surface area contributed by atoms with Crippen LogP contribution in [0.25, 0.3) is 16.9 Å². The number of amides is 2. The third-order valence-corrected chi connectivity index (χ3v) is 5.93. The number of para-hydroxylation sites is 1. The van der Waals surface area contributed by atoms with Crippen LogP contribution >= 0.6 is 0 Å². The van der Waals surface area contributed by atoms with Crippen molar-refractivity contribution in [2.75, 3.05) is 26.7 Å². The van der Waals surface area contributed by atoms with Crippen LogP contribution in [0, 0.1) is 11.8 Å². The van der Waals surface area contributed by atoms with Crippen LogP contribution in [0.4, 0.5) is 0 Å². The van der Waals surface area contributed by atoms with Crippen LogP contribution in [0.5, 0.6) is 0 Å². The zero-order valence-electron chi connectivity index (χ0n) is 15.7. The van der Waals surface area contributed by atoms with Gasteiger partial charge in [-0.1, -0.05) is 18.2 Å². The molecule has 3 aromatic rings. The van der Waals surface area contributed by atoms with Crippen molar-refractivity contribution in [3.05, 3.63) is 54.5 Å². The van der Waals surface area contributed by atoms with E-state index in [1.807, 2.05) is 41.9 Å². The average molecular weight is 375 g/mol. The number of piperidine rings is 1. The Labute approximate surface area is 162 Å². The Balaban J connectivity index is 1.41. The summed E-state index contributed by atoms with van der Waals surface area (Å²) in [5, 5.41) is 0. The maximum absolute atomic E-state index is 13.0. The Morgan fingerprint density at radius 2 is 1.96 bits per heavy atom. The molecular weight excluding hydrogens is 354 g/mol. The molecule has 2 amide bonds. The number of hydrogen-bond donors (Lipinski definition) is 0. The summed E-state index contributed by atoms with van der Waals surface area (Å²) >= 11 is 0. The van der Waals surface area contributed by atoms with Gasteiger partial charge in [0, 0.05) is 38.6 Å². The van der Waals surface area contributed by atoms with Gasteiger partial charge in [0.05, 0.1) is 11.5 Å². The van der Waals surface area contributed by atoms with Gasteiger partial charge < -0.3 is 9.80 Å². The van der Waals surface area contributed by atoms with Crippen molar-refractivity contribution >= 4 is 23.0 Å².